The molecule has 8 heavy (non-hydrogen) atoms. The molecule has 1 aliphatic rings. The van der Waals surface area contributed by atoms with Crippen molar-refractivity contribution in [2.45, 2.75) is 6.92 Å². The summed E-state index contributed by atoms with van der Waals surface area (Å²) >= 11 is 3.91. The Morgan fingerprint density at radius 1 is 1.62 bits per heavy atom. The molecule has 1 rings (SSSR count). The molecule has 0 aliphatic carbocycles. The standard InChI is InChI=1S/C4H6N2S.Na.H/c1-3-2-5-4(7)6-3;;/h2H2,1H3,(H,5,7);;. The first-order valence-electron chi connectivity index (χ1n) is 2.06. The first kappa shape index (κ1) is 8.69. The van der Waals surface area contributed by atoms with Gasteiger partial charge in [-0.3, -0.25) is 4.99 Å². The fraction of sp³-hybridized carbons (Fsp3) is 0.500. The number of hydrogen-bond donors (Lipinski definition) is 1. The summed E-state index contributed by atoms with van der Waals surface area (Å²) in [5, 5.41) is 0.609. The molecule has 1 aliphatic heterocycles. The summed E-state index contributed by atoms with van der Waals surface area (Å²) < 4.78 is 0. The molecule has 0 radical (unpaired) electrons. The molecule has 0 bridgehead atoms. The molecule has 4 heteroatoms. The van der Waals surface area contributed by atoms with Crippen LogP contribution in [0.4, 0.5) is 0 Å². The van der Waals surface area contributed by atoms with Crippen LogP contribution in [0, 0.1) is 0 Å². The van der Waals surface area contributed by atoms with Crippen molar-refractivity contribution < 1.29 is 0 Å². The van der Waals surface area contributed by atoms with Crippen LogP contribution in [-0.4, -0.2) is 47.0 Å². The molecule has 0 aromatic heterocycles. The molecule has 0 saturated heterocycles. The third-order valence-electron chi connectivity index (χ3n) is 0.740. The van der Waals surface area contributed by atoms with Crippen molar-refractivity contribution in [3.8, 4) is 0 Å². The van der Waals surface area contributed by atoms with Gasteiger partial charge >= 0.3 is 29.6 Å². The zero-order valence-corrected chi connectivity index (χ0v) is 4.94. The summed E-state index contributed by atoms with van der Waals surface area (Å²) in [6.45, 7) is 2.67. The van der Waals surface area contributed by atoms with Crippen molar-refractivity contribution in [2.24, 2.45) is 9.98 Å². The molecule has 0 aromatic carbocycles. The Bertz CT molecular complexity index is 141. The molecule has 40 valence electrons. The van der Waals surface area contributed by atoms with Crippen LogP contribution in [0.5, 0.6) is 0 Å². The van der Waals surface area contributed by atoms with E-state index in [0.717, 1.165) is 12.3 Å². The summed E-state index contributed by atoms with van der Waals surface area (Å²) in [4.78, 5) is 7.81. The fourth-order valence-electron chi connectivity index (χ4n) is 0.427. The maximum atomic E-state index is 3.92. The number of amidine groups is 1. The van der Waals surface area contributed by atoms with E-state index in [0.29, 0.717) is 5.17 Å². The van der Waals surface area contributed by atoms with Gasteiger partial charge in [0.2, 0.25) is 0 Å². The molecule has 2 nitrogen and oxygen atoms in total. The van der Waals surface area contributed by atoms with Gasteiger partial charge < -0.3 is 0 Å². The Kier molecular flexibility index (Phi) is 3.98. The average Bonchev–Trinajstić information content (AvgIpc) is 1.87. The first-order chi connectivity index (χ1) is 3.29. The van der Waals surface area contributed by atoms with E-state index in [4.69, 9.17) is 0 Å². The van der Waals surface area contributed by atoms with Crippen molar-refractivity contribution in [2.75, 3.05) is 6.54 Å². The van der Waals surface area contributed by atoms with E-state index in [-0.39, 0.29) is 29.6 Å². The summed E-state index contributed by atoms with van der Waals surface area (Å²) in [5.74, 6) is 0. The molecule has 0 saturated carbocycles. The Hall–Kier alpha value is 0.690. The summed E-state index contributed by atoms with van der Waals surface area (Å²) in [7, 11) is 0. The molecule has 0 amide bonds. The number of rotatable bonds is 0. The number of thiol groups is 1. The Balaban J connectivity index is 0.000000490. The molecule has 0 spiro atoms. The van der Waals surface area contributed by atoms with Crippen LogP contribution in [0.2, 0.25) is 0 Å². The average molecular weight is 138 g/mol. The quantitative estimate of drug-likeness (QED) is 0.363. The van der Waals surface area contributed by atoms with Gasteiger partial charge in [-0.25, -0.2) is 4.99 Å². The minimum atomic E-state index is 0. The number of aliphatic imine (C=N–C) groups is 2. The van der Waals surface area contributed by atoms with Crippen LogP contribution < -0.4 is 0 Å². The molecule has 0 N–H and O–H groups in total. The van der Waals surface area contributed by atoms with E-state index in [1.807, 2.05) is 6.92 Å². The molecule has 0 atom stereocenters. The van der Waals surface area contributed by atoms with E-state index < -0.39 is 0 Å². The second-order valence-corrected chi connectivity index (χ2v) is 1.86. The van der Waals surface area contributed by atoms with Gasteiger partial charge in [-0.15, -0.1) is 12.6 Å². The second-order valence-electron chi connectivity index (χ2n) is 1.46. The predicted molar refractivity (Wildman–Crippen MR) is 41.5 cm³/mol. The van der Waals surface area contributed by atoms with Gasteiger partial charge in [0, 0.05) is 5.71 Å². The zero-order chi connectivity index (χ0) is 5.28. The van der Waals surface area contributed by atoms with Gasteiger partial charge in [-0.05, 0) is 6.92 Å². The van der Waals surface area contributed by atoms with E-state index >= 15 is 0 Å². The summed E-state index contributed by atoms with van der Waals surface area (Å²) in [6.07, 6.45) is 0. The topological polar surface area (TPSA) is 24.7 Å². The van der Waals surface area contributed by atoms with Gasteiger partial charge in [0.05, 0.1) is 6.54 Å². The minimum absolute atomic E-state index is 0. The Labute approximate surface area is 76.2 Å². The van der Waals surface area contributed by atoms with Gasteiger partial charge in [-0.1, -0.05) is 0 Å². The molecular formula is C4H7N2NaS. The second kappa shape index (κ2) is 3.67. The van der Waals surface area contributed by atoms with Gasteiger partial charge in [-0.2, -0.15) is 0 Å². The van der Waals surface area contributed by atoms with E-state index in [2.05, 4.69) is 22.6 Å². The monoisotopic (exact) mass is 138 g/mol. The van der Waals surface area contributed by atoms with Crippen molar-refractivity contribution in [3.63, 3.8) is 0 Å². The van der Waals surface area contributed by atoms with Crippen LogP contribution in [0.25, 0.3) is 0 Å². The molecule has 0 aromatic rings. The molecule has 1 heterocycles. The van der Waals surface area contributed by atoms with Crippen molar-refractivity contribution in [1.29, 1.82) is 0 Å². The Morgan fingerprint density at radius 2 is 2.25 bits per heavy atom. The zero-order valence-electron chi connectivity index (χ0n) is 4.05. The SMILES string of the molecule is CC1=NC(S)=NC1.[NaH]. The van der Waals surface area contributed by atoms with Crippen molar-refractivity contribution in [1.82, 2.24) is 0 Å². The third-order valence-corrected chi connectivity index (χ3v) is 0.982. The van der Waals surface area contributed by atoms with Gasteiger partial charge in [0.15, 0.2) is 5.17 Å². The molecule has 0 unspecified atom stereocenters. The molecule has 0 fully saturated rings. The van der Waals surface area contributed by atoms with Crippen LogP contribution >= 0.6 is 12.6 Å². The maximum absolute atomic E-state index is 3.92. The summed E-state index contributed by atoms with van der Waals surface area (Å²) in [5.41, 5.74) is 1.05. The van der Waals surface area contributed by atoms with Crippen LogP contribution in [0.1, 0.15) is 6.92 Å². The van der Waals surface area contributed by atoms with E-state index in [1.165, 1.54) is 0 Å². The summed E-state index contributed by atoms with van der Waals surface area (Å²) in [6, 6.07) is 0. The molecular weight excluding hydrogens is 131 g/mol. The van der Waals surface area contributed by atoms with Crippen molar-refractivity contribution >= 4 is 53.1 Å². The van der Waals surface area contributed by atoms with Gasteiger partial charge in [0.1, 0.15) is 0 Å². The Morgan fingerprint density at radius 3 is 2.38 bits per heavy atom. The van der Waals surface area contributed by atoms with Crippen LogP contribution in [0.15, 0.2) is 9.98 Å². The number of nitrogens with zero attached hydrogens (tertiary/aromatic N) is 2. The van der Waals surface area contributed by atoms with E-state index in [1.54, 1.807) is 0 Å². The fourth-order valence-corrected chi connectivity index (χ4v) is 0.668. The normalized spacial score (nSPS) is 16.8. The van der Waals surface area contributed by atoms with Crippen LogP contribution in [-0.2, 0) is 0 Å². The van der Waals surface area contributed by atoms with Gasteiger partial charge in [0.25, 0.3) is 0 Å². The predicted octanol–water partition coefficient (Wildman–Crippen LogP) is 0.0982. The van der Waals surface area contributed by atoms with Crippen molar-refractivity contribution in [3.05, 3.63) is 0 Å². The van der Waals surface area contributed by atoms with Crippen LogP contribution in [0.3, 0.4) is 0 Å². The van der Waals surface area contributed by atoms with E-state index in [9.17, 15) is 0 Å². The first-order valence-corrected chi connectivity index (χ1v) is 2.51. The third kappa shape index (κ3) is 2.31. The number of hydrogen-bond acceptors (Lipinski definition) is 2.